The summed E-state index contributed by atoms with van der Waals surface area (Å²) in [5, 5.41) is -1.30. The van der Waals surface area contributed by atoms with Crippen LogP contribution in [0.4, 0.5) is 0 Å². The fourth-order valence-corrected chi connectivity index (χ4v) is 5.75. The van der Waals surface area contributed by atoms with Crippen LogP contribution in [0.1, 0.15) is 31.5 Å². The van der Waals surface area contributed by atoms with Crippen molar-refractivity contribution in [1.82, 2.24) is 15.0 Å². The third-order valence-corrected chi connectivity index (χ3v) is 7.69. The Balaban J connectivity index is 1.48. The first kappa shape index (κ1) is 11.1. The van der Waals surface area contributed by atoms with Gasteiger partial charge in [0.2, 0.25) is 0 Å². The van der Waals surface area contributed by atoms with Crippen molar-refractivity contribution >= 4 is 53.4 Å². The Bertz CT molecular complexity index is 3750. The van der Waals surface area contributed by atoms with Gasteiger partial charge in [0, 0.05) is 47.6 Å². The van der Waals surface area contributed by atoms with E-state index < -0.39 is 206 Å². The third-order valence-electron chi connectivity index (χ3n) is 6.57. The van der Waals surface area contributed by atoms with Gasteiger partial charge in [0.1, 0.15) is 11.2 Å². The van der Waals surface area contributed by atoms with E-state index in [4.69, 9.17) is 33.2 Å². The van der Waals surface area contributed by atoms with E-state index in [0.29, 0.717) is 11.3 Å². The van der Waals surface area contributed by atoms with E-state index in [-0.39, 0.29) is 20.2 Å². The van der Waals surface area contributed by atoms with Crippen molar-refractivity contribution < 1.29 is 35.9 Å². The van der Waals surface area contributed by atoms with Gasteiger partial charge in [0.15, 0.2) is 17.5 Å². The second kappa shape index (κ2) is 9.97. The van der Waals surface area contributed by atoms with Crippen LogP contribution in [0.15, 0.2) is 143 Å². The van der Waals surface area contributed by atoms with Crippen LogP contribution in [-0.2, 0) is 0 Å². The maximum Gasteiger partial charge on any atom is 0.165 e. The number of thiophene rings is 1. The molecule has 0 atom stereocenters. The normalized spacial score (nSPS) is 19.0. The van der Waals surface area contributed by atoms with E-state index in [9.17, 15) is 2.74 Å². The molecule has 0 aliphatic rings. The summed E-state index contributed by atoms with van der Waals surface area (Å²) in [5.74, 6) is -2.11. The highest BCUT2D eigenvalue weighted by atomic mass is 32.1. The number of benzene rings is 6. The zero-order chi connectivity index (χ0) is 49.1. The predicted octanol–water partition coefficient (Wildman–Crippen LogP) is 10.8. The first-order chi connectivity index (χ1) is 31.4. The Morgan fingerprint density at radius 2 is 1.14 bits per heavy atom. The van der Waals surface area contributed by atoms with Gasteiger partial charge >= 0.3 is 0 Å². The molecule has 0 saturated carbocycles. The van der Waals surface area contributed by atoms with Gasteiger partial charge in [0.05, 0.1) is 31.5 Å². The van der Waals surface area contributed by atoms with Crippen molar-refractivity contribution in [2.24, 2.45) is 0 Å². The van der Waals surface area contributed by atoms with Crippen molar-refractivity contribution in [2.45, 2.75) is 0 Å². The summed E-state index contributed by atoms with van der Waals surface area (Å²) in [6.07, 6.45) is 0. The molecule has 5 heteroatoms. The average molecular weight is 605 g/mol. The topological polar surface area (TPSA) is 51.8 Å². The van der Waals surface area contributed by atoms with Crippen LogP contribution in [0.25, 0.3) is 87.4 Å². The zero-order valence-corrected chi connectivity index (χ0v) is 22.5. The van der Waals surface area contributed by atoms with E-state index in [2.05, 4.69) is 15.0 Å². The minimum Gasteiger partial charge on any atom is -0.456 e. The number of furan rings is 1. The summed E-state index contributed by atoms with van der Waals surface area (Å²) in [5.41, 5.74) is -4.06. The molecule has 0 unspecified atom stereocenters. The van der Waals surface area contributed by atoms with Gasteiger partial charge in [-0.2, -0.15) is 0 Å². The maximum absolute atomic E-state index is 9.66. The first-order valence-electron chi connectivity index (χ1n) is 24.2. The van der Waals surface area contributed by atoms with E-state index >= 15 is 0 Å². The number of nitrogens with zero attached hydrogens (tertiary/aromatic N) is 3. The highest BCUT2D eigenvalue weighted by Gasteiger charge is 2.18. The summed E-state index contributed by atoms with van der Waals surface area (Å²) in [6.45, 7) is 0. The van der Waals surface area contributed by atoms with Crippen LogP contribution < -0.4 is 0 Å². The molecule has 3 aromatic heterocycles. The van der Waals surface area contributed by atoms with Gasteiger partial charge < -0.3 is 4.42 Å². The SMILES string of the molecule is [2H]c1c([2H])c([2H])c(-c2nc(-c3c([2H])c([2H])c4oc5c([2H])c([2H])c([2H])c(-c6c([2H])c([2H])c([2H])c([2H])c6[2H])c5c4c3[2H])nc(-c3c([2H])c([2H])c([2H])c4c3sc3c([2H])c([2H])c([2H])c([2H])c34)n2)c([2H])c1[2H]. The molecule has 9 aromatic rings. The molecule has 9 rings (SSSR count). The Morgan fingerprint density at radius 3 is 1.98 bits per heavy atom. The number of rotatable bonds is 4. The van der Waals surface area contributed by atoms with E-state index in [1.807, 2.05) is 0 Å². The molecule has 0 aliphatic carbocycles. The molecule has 0 bridgehead atoms. The number of fused-ring (bicyclic) bond motifs is 6. The van der Waals surface area contributed by atoms with Crippen LogP contribution in [0, 0.1) is 0 Å². The Kier molecular flexibility index (Phi) is 2.52. The van der Waals surface area contributed by atoms with Gasteiger partial charge in [-0.3, -0.25) is 0 Å². The molecular weight excluding hydrogens is 559 g/mol. The Labute approximate surface area is 289 Å². The van der Waals surface area contributed by atoms with Crippen LogP contribution in [0.2, 0.25) is 0 Å². The van der Waals surface area contributed by atoms with Gasteiger partial charge in [0.25, 0.3) is 0 Å². The molecule has 0 saturated heterocycles. The fourth-order valence-electron chi connectivity index (χ4n) is 4.69. The molecule has 4 nitrogen and oxygen atoms in total. The largest absolute Gasteiger partial charge is 0.456 e. The summed E-state index contributed by atoms with van der Waals surface area (Å²) in [7, 11) is 0. The third kappa shape index (κ3) is 4.02. The minimum absolute atomic E-state index is 0.0767. The summed E-state index contributed by atoms with van der Waals surface area (Å²) in [4.78, 5) is 13.3. The Morgan fingerprint density at radius 1 is 0.477 bits per heavy atom. The molecule has 0 aliphatic heterocycles. The molecule has 206 valence electrons. The number of hydrogen-bond donors (Lipinski definition) is 0. The quantitative estimate of drug-likeness (QED) is 0.200. The minimum atomic E-state index is -0.863. The van der Waals surface area contributed by atoms with E-state index in [0.717, 1.165) is 0 Å². The van der Waals surface area contributed by atoms with Gasteiger partial charge in [-0.1, -0.05) is 103 Å². The predicted molar refractivity (Wildman–Crippen MR) is 182 cm³/mol. The summed E-state index contributed by atoms with van der Waals surface area (Å²) >= 11 is 0.692. The van der Waals surface area contributed by atoms with Crippen molar-refractivity contribution in [3.8, 4) is 45.3 Å². The molecule has 0 N–H and O–H groups in total. The lowest BCUT2D eigenvalue weighted by Crippen LogP contribution is -2.00. The van der Waals surface area contributed by atoms with Crippen molar-refractivity contribution in [1.29, 1.82) is 0 Å². The average Bonchev–Trinajstić information content (AvgIpc) is 3.90. The van der Waals surface area contributed by atoms with Crippen LogP contribution in [0.3, 0.4) is 0 Å². The van der Waals surface area contributed by atoms with Crippen LogP contribution >= 0.6 is 11.3 Å². The lowest BCUT2D eigenvalue weighted by molar-refractivity contribution is 0.669. The lowest BCUT2D eigenvalue weighted by atomic mass is 9.99. The highest BCUT2D eigenvalue weighted by molar-refractivity contribution is 7.26. The molecule has 3 heterocycles. The second-order valence-corrected chi connectivity index (χ2v) is 10.1. The molecule has 6 aromatic carbocycles. The fraction of sp³-hybridized carbons (Fsp3) is 0. The molecule has 0 fully saturated rings. The van der Waals surface area contributed by atoms with Gasteiger partial charge in [-0.25, -0.2) is 15.0 Å². The maximum atomic E-state index is 9.66. The molecule has 44 heavy (non-hydrogen) atoms. The zero-order valence-electron chi connectivity index (χ0n) is 44.7. The van der Waals surface area contributed by atoms with Crippen molar-refractivity contribution in [2.75, 3.05) is 0 Å². The van der Waals surface area contributed by atoms with Crippen LogP contribution in [0.5, 0.6) is 0 Å². The van der Waals surface area contributed by atoms with Gasteiger partial charge in [-0.05, 0) is 47.4 Å². The molecular formula is C39H23N3OS. The standard InChI is InChI=1S/C39H23N3OS/c1-3-11-24(12-4-1)27-16-10-19-33-35(27)31-23-26(21-22-32(31)43-33)38-40-37(25-13-5-2-6-14-25)41-39(42-38)30-18-9-17-29-28-15-7-8-20-34(28)44-36(29)30/h1-23H/i1D,2D,3D,4D,5D,6D,7D,8D,9D,10D,11D,12D,13D,14D,15D,16D,17D,18D,19D,20D,21D,22D,23D. The smallest absolute Gasteiger partial charge is 0.165 e. The summed E-state index contributed by atoms with van der Waals surface area (Å²) in [6, 6.07) is -17.6. The number of aromatic nitrogens is 3. The summed E-state index contributed by atoms with van der Waals surface area (Å²) < 4.78 is 205. The van der Waals surface area contributed by atoms with Crippen LogP contribution in [-0.4, -0.2) is 15.0 Å². The first-order valence-corrected chi connectivity index (χ1v) is 13.5. The number of hydrogen-bond acceptors (Lipinski definition) is 5. The second-order valence-electron chi connectivity index (χ2n) is 9.08. The lowest BCUT2D eigenvalue weighted by Gasteiger charge is -2.09. The van der Waals surface area contributed by atoms with E-state index in [1.165, 1.54) is 0 Å². The molecule has 0 radical (unpaired) electrons. The van der Waals surface area contributed by atoms with E-state index in [1.54, 1.807) is 0 Å². The van der Waals surface area contributed by atoms with Crippen molar-refractivity contribution in [3.05, 3.63) is 139 Å². The Hall–Kier alpha value is -5.65. The monoisotopic (exact) mass is 604 g/mol. The molecule has 0 amide bonds. The highest BCUT2D eigenvalue weighted by Crippen LogP contribution is 2.41. The van der Waals surface area contributed by atoms with Gasteiger partial charge in [-0.15, -0.1) is 11.3 Å². The van der Waals surface area contributed by atoms with Crippen molar-refractivity contribution in [3.63, 3.8) is 0 Å². The molecule has 0 spiro atoms.